The Bertz CT molecular complexity index is 434. The van der Waals surface area contributed by atoms with Gasteiger partial charge in [-0.25, -0.2) is 0 Å². The predicted molar refractivity (Wildman–Crippen MR) is 79.5 cm³/mol. The Balaban J connectivity index is 1.69. The van der Waals surface area contributed by atoms with E-state index < -0.39 is 0 Å². The Morgan fingerprint density at radius 1 is 1.35 bits per heavy atom. The zero-order valence-corrected chi connectivity index (χ0v) is 12.2. The van der Waals surface area contributed by atoms with E-state index in [1.165, 1.54) is 11.1 Å². The van der Waals surface area contributed by atoms with Crippen molar-refractivity contribution in [3.63, 3.8) is 0 Å². The van der Waals surface area contributed by atoms with Crippen molar-refractivity contribution in [3.8, 4) is 0 Å². The number of nitrogens with one attached hydrogen (secondary N) is 2. The van der Waals surface area contributed by atoms with Gasteiger partial charge in [0.25, 0.3) is 0 Å². The molecular formula is C16H24N2O2. The lowest BCUT2D eigenvalue weighted by Crippen LogP contribution is -2.47. The normalized spacial score (nSPS) is 17.6. The standard InChI is InChI=1S/C16H24N2O2/c1-2-9-20-10-5-8-17-16(19)15-11-13-6-3-4-7-14(13)12-18-15/h3-4,6-7,15,18H,2,5,8-12H2,1H3,(H,17,19). The maximum absolute atomic E-state index is 12.1. The molecule has 1 aromatic rings. The van der Waals surface area contributed by atoms with E-state index in [9.17, 15) is 4.79 Å². The highest BCUT2D eigenvalue weighted by atomic mass is 16.5. The molecular weight excluding hydrogens is 252 g/mol. The zero-order chi connectivity index (χ0) is 14.2. The molecule has 0 spiro atoms. The van der Waals surface area contributed by atoms with Gasteiger partial charge in [0.05, 0.1) is 6.04 Å². The molecule has 4 heteroatoms. The van der Waals surface area contributed by atoms with E-state index in [0.29, 0.717) is 6.54 Å². The molecule has 1 aromatic carbocycles. The minimum absolute atomic E-state index is 0.0926. The lowest BCUT2D eigenvalue weighted by molar-refractivity contribution is -0.123. The van der Waals surface area contributed by atoms with Gasteiger partial charge in [0.1, 0.15) is 0 Å². The van der Waals surface area contributed by atoms with Crippen molar-refractivity contribution in [1.82, 2.24) is 10.6 Å². The molecule has 1 aliphatic rings. The first kappa shape index (κ1) is 15.0. The summed E-state index contributed by atoms with van der Waals surface area (Å²) in [6.07, 6.45) is 2.68. The number of hydrogen-bond donors (Lipinski definition) is 2. The summed E-state index contributed by atoms with van der Waals surface area (Å²) in [5, 5.41) is 6.27. The Labute approximate surface area is 120 Å². The summed E-state index contributed by atoms with van der Waals surface area (Å²) in [7, 11) is 0. The number of hydrogen-bond acceptors (Lipinski definition) is 3. The number of fused-ring (bicyclic) bond motifs is 1. The summed E-state index contributed by atoms with van der Waals surface area (Å²) in [4.78, 5) is 12.1. The fourth-order valence-electron chi connectivity index (χ4n) is 2.40. The molecule has 110 valence electrons. The lowest BCUT2D eigenvalue weighted by Gasteiger charge is -2.25. The maximum Gasteiger partial charge on any atom is 0.237 e. The fraction of sp³-hybridized carbons (Fsp3) is 0.562. The van der Waals surface area contributed by atoms with Gasteiger partial charge in [0.15, 0.2) is 0 Å². The minimum atomic E-state index is -0.110. The summed E-state index contributed by atoms with van der Waals surface area (Å²) in [5.41, 5.74) is 2.57. The van der Waals surface area contributed by atoms with Gasteiger partial charge < -0.3 is 15.4 Å². The van der Waals surface area contributed by atoms with Gasteiger partial charge in [-0.3, -0.25) is 4.79 Å². The van der Waals surface area contributed by atoms with Crippen LogP contribution in [0.15, 0.2) is 24.3 Å². The molecule has 1 unspecified atom stereocenters. The molecule has 0 radical (unpaired) electrons. The van der Waals surface area contributed by atoms with Gasteiger partial charge in [-0.2, -0.15) is 0 Å². The van der Waals surface area contributed by atoms with Crippen LogP contribution < -0.4 is 10.6 Å². The van der Waals surface area contributed by atoms with Crippen LogP contribution in [-0.4, -0.2) is 31.7 Å². The smallest absolute Gasteiger partial charge is 0.237 e. The molecule has 0 saturated heterocycles. The Morgan fingerprint density at radius 3 is 2.95 bits per heavy atom. The second-order valence-corrected chi connectivity index (χ2v) is 5.16. The van der Waals surface area contributed by atoms with E-state index in [4.69, 9.17) is 4.74 Å². The van der Waals surface area contributed by atoms with Crippen LogP contribution in [0.1, 0.15) is 30.9 Å². The first-order valence-electron chi connectivity index (χ1n) is 7.47. The third kappa shape index (κ3) is 4.32. The number of rotatable bonds is 7. The summed E-state index contributed by atoms with van der Waals surface area (Å²) in [5.74, 6) is 0.0926. The number of carbonyl (C=O) groups excluding carboxylic acids is 1. The average Bonchev–Trinajstić information content (AvgIpc) is 2.50. The number of ether oxygens (including phenoxy) is 1. The summed E-state index contributed by atoms with van der Waals surface area (Å²) >= 11 is 0. The van der Waals surface area contributed by atoms with Crippen LogP contribution in [0, 0.1) is 0 Å². The maximum atomic E-state index is 12.1. The predicted octanol–water partition coefficient (Wildman–Crippen LogP) is 1.63. The molecule has 1 atom stereocenters. The molecule has 0 bridgehead atoms. The second kappa shape index (κ2) is 8.02. The first-order valence-corrected chi connectivity index (χ1v) is 7.47. The van der Waals surface area contributed by atoms with Gasteiger partial charge in [0, 0.05) is 26.3 Å². The van der Waals surface area contributed by atoms with Crippen LogP contribution in [-0.2, 0) is 22.5 Å². The summed E-state index contributed by atoms with van der Waals surface area (Å²) in [6, 6.07) is 8.18. The van der Waals surface area contributed by atoms with Crippen LogP contribution in [0.25, 0.3) is 0 Å². The molecule has 4 nitrogen and oxygen atoms in total. The van der Waals surface area contributed by atoms with Crippen molar-refractivity contribution in [2.24, 2.45) is 0 Å². The van der Waals surface area contributed by atoms with Gasteiger partial charge in [-0.1, -0.05) is 31.2 Å². The first-order chi connectivity index (χ1) is 9.81. The second-order valence-electron chi connectivity index (χ2n) is 5.16. The monoisotopic (exact) mass is 276 g/mol. The van der Waals surface area contributed by atoms with Gasteiger partial charge in [-0.15, -0.1) is 0 Å². The van der Waals surface area contributed by atoms with E-state index in [0.717, 1.165) is 39.0 Å². The highest BCUT2D eigenvalue weighted by molar-refractivity contribution is 5.82. The van der Waals surface area contributed by atoms with E-state index >= 15 is 0 Å². The minimum Gasteiger partial charge on any atom is -0.381 e. The van der Waals surface area contributed by atoms with Crippen molar-refractivity contribution in [2.45, 2.75) is 38.8 Å². The molecule has 2 N–H and O–H groups in total. The lowest BCUT2D eigenvalue weighted by atomic mass is 9.95. The number of benzene rings is 1. The Morgan fingerprint density at radius 2 is 2.15 bits per heavy atom. The van der Waals surface area contributed by atoms with Crippen LogP contribution in [0.4, 0.5) is 0 Å². The molecule has 20 heavy (non-hydrogen) atoms. The number of amides is 1. The van der Waals surface area contributed by atoms with Crippen molar-refractivity contribution < 1.29 is 9.53 Å². The molecule has 0 fully saturated rings. The highest BCUT2D eigenvalue weighted by Gasteiger charge is 2.23. The fourth-order valence-corrected chi connectivity index (χ4v) is 2.40. The zero-order valence-electron chi connectivity index (χ0n) is 12.2. The largest absolute Gasteiger partial charge is 0.381 e. The Kier molecular flexibility index (Phi) is 6.02. The molecule has 1 aliphatic heterocycles. The molecule has 1 heterocycles. The summed E-state index contributed by atoms with van der Waals surface area (Å²) < 4.78 is 5.39. The van der Waals surface area contributed by atoms with Crippen LogP contribution in [0.5, 0.6) is 0 Å². The third-order valence-corrected chi connectivity index (χ3v) is 3.51. The van der Waals surface area contributed by atoms with Crippen LogP contribution in [0.2, 0.25) is 0 Å². The van der Waals surface area contributed by atoms with Crippen LogP contribution >= 0.6 is 0 Å². The molecule has 0 aromatic heterocycles. The quantitative estimate of drug-likeness (QED) is 0.744. The summed E-state index contributed by atoms with van der Waals surface area (Å²) in [6.45, 7) is 5.06. The van der Waals surface area contributed by atoms with E-state index in [-0.39, 0.29) is 11.9 Å². The molecule has 1 amide bonds. The molecule has 0 saturated carbocycles. The third-order valence-electron chi connectivity index (χ3n) is 3.51. The number of carbonyl (C=O) groups is 1. The van der Waals surface area contributed by atoms with Gasteiger partial charge in [0.2, 0.25) is 5.91 Å². The highest BCUT2D eigenvalue weighted by Crippen LogP contribution is 2.16. The average molecular weight is 276 g/mol. The van der Waals surface area contributed by atoms with Crippen molar-refractivity contribution in [3.05, 3.63) is 35.4 Å². The van der Waals surface area contributed by atoms with Gasteiger partial charge in [-0.05, 0) is 30.4 Å². The Hall–Kier alpha value is -1.39. The van der Waals surface area contributed by atoms with Gasteiger partial charge >= 0.3 is 0 Å². The topological polar surface area (TPSA) is 50.4 Å². The van der Waals surface area contributed by atoms with E-state index in [1.54, 1.807) is 0 Å². The van der Waals surface area contributed by atoms with E-state index in [1.807, 2.05) is 12.1 Å². The van der Waals surface area contributed by atoms with Crippen molar-refractivity contribution >= 4 is 5.91 Å². The SMILES string of the molecule is CCCOCCCNC(=O)C1Cc2ccccc2CN1. The van der Waals surface area contributed by atoms with Crippen molar-refractivity contribution in [2.75, 3.05) is 19.8 Å². The van der Waals surface area contributed by atoms with Crippen molar-refractivity contribution in [1.29, 1.82) is 0 Å². The molecule has 2 rings (SSSR count). The molecule has 0 aliphatic carbocycles. The van der Waals surface area contributed by atoms with E-state index in [2.05, 4.69) is 29.7 Å². The van der Waals surface area contributed by atoms with Crippen LogP contribution in [0.3, 0.4) is 0 Å².